The predicted molar refractivity (Wildman–Crippen MR) is 73.7 cm³/mol. The molecule has 2 rings (SSSR count). The highest BCUT2D eigenvalue weighted by molar-refractivity contribution is 9.11. The summed E-state index contributed by atoms with van der Waals surface area (Å²) in [5, 5.41) is 0.641. The largest absolute Gasteiger partial charge is 0.375 e. The summed E-state index contributed by atoms with van der Waals surface area (Å²) >= 11 is 6.79. The van der Waals surface area contributed by atoms with Gasteiger partial charge in [0.1, 0.15) is 0 Å². The highest BCUT2D eigenvalue weighted by Gasteiger charge is 2.06. The van der Waals surface area contributed by atoms with Gasteiger partial charge in [-0.15, -0.1) is 22.7 Å². The van der Waals surface area contributed by atoms with Gasteiger partial charge in [0, 0.05) is 29.0 Å². The molecule has 0 fully saturated rings. The minimum atomic E-state index is 0.641. The third-order valence-electron chi connectivity index (χ3n) is 2.05. The van der Waals surface area contributed by atoms with E-state index in [-0.39, 0.29) is 0 Å². The molecule has 16 heavy (non-hydrogen) atoms. The van der Waals surface area contributed by atoms with Crippen LogP contribution in [0.15, 0.2) is 22.1 Å². The van der Waals surface area contributed by atoms with Crippen LogP contribution in [0.5, 0.6) is 0 Å². The Balaban J connectivity index is 1.91. The number of nitrogens with zero attached hydrogens (tertiary/aromatic N) is 2. The molecule has 0 amide bonds. The third-order valence-corrected chi connectivity index (χ3v) is 4.47. The van der Waals surface area contributed by atoms with Crippen molar-refractivity contribution in [2.45, 2.75) is 13.1 Å². The van der Waals surface area contributed by atoms with Crippen LogP contribution in [0, 0.1) is 0 Å². The number of thiazole rings is 1. The van der Waals surface area contributed by atoms with Gasteiger partial charge in [0.2, 0.25) is 0 Å². The Morgan fingerprint density at radius 1 is 1.31 bits per heavy atom. The van der Waals surface area contributed by atoms with Crippen molar-refractivity contribution >= 4 is 43.7 Å². The number of thiophene rings is 1. The maximum absolute atomic E-state index is 5.59. The van der Waals surface area contributed by atoms with Gasteiger partial charge in [-0.1, -0.05) is 0 Å². The minimum absolute atomic E-state index is 0.641. The molecule has 0 radical (unpaired) electrons. The molecule has 0 aromatic carbocycles. The van der Waals surface area contributed by atoms with E-state index < -0.39 is 0 Å². The van der Waals surface area contributed by atoms with Crippen molar-refractivity contribution in [1.29, 1.82) is 0 Å². The van der Waals surface area contributed by atoms with E-state index in [0.29, 0.717) is 5.13 Å². The number of hydrogen-bond donors (Lipinski definition) is 1. The molecule has 0 unspecified atom stereocenters. The Bertz CT molecular complexity index is 424. The van der Waals surface area contributed by atoms with Crippen LogP contribution in [0.1, 0.15) is 9.75 Å². The summed E-state index contributed by atoms with van der Waals surface area (Å²) in [5.74, 6) is 0. The van der Waals surface area contributed by atoms with Crippen molar-refractivity contribution in [3.8, 4) is 0 Å². The molecular formula is C10H12BrN3S2. The zero-order chi connectivity index (χ0) is 11.5. The molecule has 2 aromatic heterocycles. The fourth-order valence-corrected chi connectivity index (χ4v) is 3.75. The summed E-state index contributed by atoms with van der Waals surface area (Å²) in [5.41, 5.74) is 5.59. The zero-order valence-corrected chi connectivity index (χ0v) is 12.0. The molecule has 86 valence electrons. The number of halogens is 1. The topological polar surface area (TPSA) is 42.2 Å². The van der Waals surface area contributed by atoms with Gasteiger partial charge in [0.15, 0.2) is 5.13 Å². The van der Waals surface area contributed by atoms with Gasteiger partial charge in [0.05, 0.1) is 3.79 Å². The Labute approximate surface area is 111 Å². The monoisotopic (exact) mass is 317 g/mol. The minimum Gasteiger partial charge on any atom is -0.375 e. The maximum atomic E-state index is 5.59. The lowest BCUT2D eigenvalue weighted by Gasteiger charge is -2.13. The third kappa shape index (κ3) is 3.28. The van der Waals surface area contributed by atoms with Crippen molar-refractivity contribution < 1.29 is 0 Å². The Hall–Kier alpha value is -0.430. The van der Waals surface area contributed by atoms with E-state index in [2.05, 4.69) is 45.0 Å². The van der Waals surface area contributed by atoms with Gasteiger partial charge in [-0.05, 0) is 35.1 Å². The smallest absolute Gasteiger partial charge is 0.180 e. The summed E-state index contributed by atoms with van der Waals surface area (Å²) < 4.78 is 1.18. The van der Waals surface area contributed by atoms with Gasteiger partial charge in [0.25, 0.3) is 0 Å². The lowest BCUT2D eigenvalue weighted by Crippen LogP contribution is -2.15. The second-order valence-corrected chi connectivity index (χ2v) is 7.24. The molecule has 2 aromatic rings. The lowest BCUT2D eigenvalue weighted by atomic mass is 10.4. The molecule has 2 heterocycles. The Kier molecular flexibility index (Phi) is 3.96. The molecule has 0 spiro atoms. The molecule has 0 aliphatic carbocycles. The molecule has 0 aliphatic rings. The van der Waals surface area contributed by atoms with Crippen molar-refractivity contribution in [3.05, 3.63) is 31.9 Å². The van der Waals surface area contributed by atoms with Crippen LogP contribution >= 0.6 is 38.6 Å². The first-order valence-corrected chi connectivity index (χ1v) is 7.19. The summed E-state index contributed by atoms with van der Waals surface area (Å²) in [7, 11) is 2.10. The molecule has 0 saturated heterocycles. The molecule has 3 nitrogen and oxygen atoms in total. The van der Waals surface area contributed by atoms with Crippen LogP contribution in [0.25, 0.3) is 0 Å². The second kappa shape index (κ2) is 5.27. The molecule has 0 atom stereocenters. The van der Waals surface area contributed by atoms with Gasteiger partial charge in [-0.3, -0.25) is 4.90 Å². The second-order valence-electron chi connectivity index (χ2n) is 3.54. The molecule has 6 heteroatoms. The lowest BCUT2D eigenvalue weighted by molar-refractivity contribution is 0.325. The average molecular weight is 318 g/mol. The molecule has 2 N–H and O–H groups in total. The normalized spacial score (nSPS) is 11.2. The summed E-state index contributed by atoms with van der Waals surface area (Å²) in [6.07, 6.45) is 1.85. The van der Waals surface area contributed by atoms with Crippen LogP contribution in [0.2, 0.25) is 0 Å². The maximum Gasteiger partial charge on any atom is 0.180 e. The van der Waals surface area contributed by atoms with E-state index in [4.69, 9.17) is 5.73 Å². The van der Waals surface area contributed by atoms with E-state index >= 15 is 0 Å². The van der Waals surface area contributed by atoms with Gasteiger partial charge >= 0.3 is 0 Å². The first-order chi connectivity index (χ1) is 7.63. The SMILES string of the molecule is CN(Cc1ccc(Br)s1)Cc1cnc(N)s1. The highest BCUT2D eigenvalue weighted by Crippen LogP contribution is 2.24. The van der Waals surface area contributed by atoms with Crippen LogP contribution in [0.3, 0.4) is 0 Å². The van der Waals surface area contributed by atoms with Crippen LogP contribution < -0.4 is 5.73 Å². The van der Waals surface area contributed by atoms with Crippen molar-refractivity contribution in [2.75, 3.05) is 12.8 Å². The van der Waals surface area contributed by atoms with E-state index in [0.717, 1.165) is 13.1 Å². The molecule has 0 aliphatic heterocycles. The number of anilines is 1. The average Bonchev–Trinajstić information content (AvgIpc) is 2.76. The molecule has 0 saturated carbocycles. The summed E-state index contributed by atoms with van der Waals surface area (Å²) in [6.45, 7) is 1.85. The standard InChI is InChI=1S/C10H12BrN3S2/c1-14(5-7-2-3-9(11)15-7)6-8-4-13-10(12)16-8/h2-4H,5-6H2,1H3,(H2,12,13). The number of nitrogen functional groups attached to an aromatic ring is 1. The van der Waals surface area contributed by atoms with E-state index in [1.54, 1.807) is 22.7 Å². The fourth-order valence-electron chi connectivity index (χ4n) is 1.42. The van der Waals surface area contributed by atoms with E-state index in [1.807, 2.05) is 6.20 Å². The van der Waals surface area contributed by atoms with Crippen LogP contribution in [-0.4, -0.2) is 16.9 Å². The van der Waals surface area contributed by atoms with Crippen molar-refractivity contribution in [3.63, 3.8) is 0 Å². The van der Waals surface area contributed by atoms with E-state index in [9.17, 15) is 0 Å². The van der Waals surface area contributed by atoms with Crippen LogP contribution in [-0.2, 0) is 13.1 Å². The molecular weight excluding hydrogens is 306 g/mol. The van der Waals surface area contributed by atoms with Gasteiger partial charge < -0.3 is 5.73 Å². The number of rotatable bonds is 4. The number of hydrogen-bond acceptors (Lipinski definition) is 5. The number of aromatic nitrogens is 1. The van der Waals surface area contributed by atoms with Gasteiger partial charge in [-0.25, -0.2) is 4.98 Å². The highest BCUT2D eigenvalue weighted by atomic mass is 79.9. The van der Waals surface area contributed by atoms with Crippen LogP contribution in [0.4, 0.5) is 5.13 Å². The Morgan fingerprint density at radius 2 is 2.06 bits per heavy atom. The first kappa shape index (κ1) is 12.0. The first-order valence-electron chi connectivity index (χ1n) is 4.76. The zero-order valence-electron chi connectivity index (χ0n) is 8.81. The number of nitrogens with two attached hydrogens (primary N) is 1. The predicted octanol–water partition coefficient (Wildman–Crippen LogP) is 3.18. The van der Waals surface area contributed by atoms with Crippen molar-refractivity contribution in [2.24, 2.45) is 0 Å². The molecule has 0 bridgehead atoms. The summed E-state index contributed by atoms with van der Waals surface area (Å²) in [4.78, 5) is 8.86. The fraction of sp³-hybridized carbons (Fsp3) is 0.300. The van der Waals surface area contributed by atoms with Crippen molar-refractivity contribution in [1.82, 2.24) is 9.88 Å². The summed E-state index contributed by atoms with van der Waals surface area (Å²) in [6, 6.07) is 4.23. The Morgan fingerprint density at radius 3 is 2.62 bits per heavy atom. The quantitative estimate of drug-likeness (QED) is 0.941. The van der Waals surface area contributed by atoms with E-state index in [1.165, 1.54) is 13.5 Å². The van der Waals surface area contributed by atoms with Gasteiger partial charge in [-0.2, -0.15) is 0 Å².